The summed E-state index contributed by atoms with van der Waals surface area (Å²) in [6.07, 6.45) is 0.101. The molecule has 0 spiro atoms. The molecular formula is C33H30N2O7. The average molecular weight is 567 g/mol. The number of ketones is 1. The smallest absolute Gasteiger partial charge is 0.336 e. The normalized spacial score (nSPS) is 10.6. The van der Waals surface area contributed by atoms with E-state index in [-0.39, 0.29) is 46.0 Å². The van der Waals surface area contributed by atoms with Crippen LogP contribution in [0.25, 0.3) is 11.1 Å². The molecule has 0 unspecified atom stereocenters. The Hall–Kier alpha value is -5.44. The van der Waals surface area contributed by atoms with Gasteiger partial charge in [0.05, 0.1) is 16.7 Å². The first-order valence-corrected chi connectivity index (χ1v) is 13.2. The van der Waals surface area contributed by atoms with Gasteiger partial charge in [-0.05, 0) is 96.8 Å². The lowest BCUT2D eigenvalue weighted by molar-refractivity contribution is 0.0683. The molecule has 0 bridgehead atoms. The first-order chi connectivity index (χ1) is 20.0. The zero-order chi connectivity index (χ0) is 30.6. The number of aromatic carboxylic acids is 2. The number of Topliss-reactive ketones (excluding diaryl/α,β-unsaturated/α-hetero) is 1. The number of carboxylic acids is 2. The number of rotatable bonds is 10. The Morgan fingerprint density at radius 1 is 0.667 bits per heavy atom. The Morgan fingerprint density at radius 3 is 1.67 bits per heavy atom. The van der Waals surface area contributed by atoms with Gasteiger partial charge >= 0.3 is 11.9 Å². The molecule has 0 radical (unpaired) electrons. The molecule has 1 amide bonds. The third kappa shape index (κ3) is 6.31. The Labute approximate surface area is 242 Å². The lowest BCUT2D eigenvalue weighted by atomic mass is 9.95. The minimum absolute atomic E-state index is 0.00499. The first kappa shape index (κ1) is 29.5. The van der Waals surface area contributed by atoms with Crippen molar-refractivity contribution < 1.29 is 34.1 Å². The Bertz CT molecular complexity index is 1730. The van der Waals surface area contributed by atoms with Crippen LogP contribution in [0.3, 0.4) is 0 Å². The van der Waals surface area contributed by atoms with Crippen molar-refractivity contribution >= 4 is 35.0 Å². The van der Waals surface area contributed by atoms with Gasteiger partial charge in [-0.1, -0.05) is 19.1 Å². The van der Waals surface area contributed by atoms with Crippen molar-refractivity contribution in [2.24, 2.45) is 0 Å². The third-order valence-corrected chi connectivity index (χ3v) is 6.83. The number of anilines is 2. The zero-order valence-corrected chi connectivity index (χ0v) is 23.6. The van der Waals surface area contributed by atoms with Crippen molar-refractivity contribution in [2.45, 2.75) is 27.2 Å². The summed E-state index contributed by atoms with van der Waals surface area (Å²) in [7, 11) is 1.86. The molecule has 4 N–H and O–H groups in total. The molecule has 0 aliphatic rings. The molecule has 0 aliphatic carbocycles. The predicted molar refractivity (Wildman–Crippen MR) is 160 cm³/mol. The topological polar surface area (TPSA) is 142 Å². The van der Waals surface area contributed by atoms with Crippen molar-refractivity contribution in [2.75, 3.05) is 17.7 Å². The van der Waals surface area contributed by atoms with Crippen LogP contribution in [-0.4, -0.2) is 40.9 Å². The highest BCUT2D eigenvalue weighted by molar-refractivity contribution is 6.11. The van der Waals surface area contributed by atoms with E-state index in [1.165, 1.54) is 36.4 Å². The molecule has 214 valence electrons. The highest BCUT2D eigenvalue weighted by Gasteiger charge is 2.20. The van der Waals surface area contributed by atoms with Gasteiger partial charge in [-0.15, -0.1) is 0 Å². The number of ether oxygens (including phenoxy) is 1. The molecule has 4 rings (SSSR count). The van der Waals surface area contributed by atoms with Crippen LogP contribution in [0.5, 0.6) is 11.5 Å². The average Bonchev–Trinajstić information content (AvgIpc) is 2.96. The van der Waals surface area contributed by atoms with Gasteiger partial charge in [0.2, 0.25) is 0 Å². The Balaban J connectivity index is 1.62. The van der Waals surface area contributed by atoms with E-state index in [2.05, 4.69) is 16.7 Å². The van der Waals surface area contributed by atoms with Crippen LogP contribution >= 0.6 is 0 Å². The van der Waals surface area contributed by atoms with Gasteiger partial charge in [-0.3, -0.25) is 9.59 Å². The van der Waals surface area contributed by atoms with E-state index in [9.17, 15) is 29.4 Å². The number of amides is 1. The van der Waals surface area contributed by atoms with E-state index in [0.29, 0.717) is 5.69 Å². The van der Waals surface area contributed by atoms with Gasteiger partial charge in [-0.2, -0.15) is 0 Å². The number of carboxylic acid groups (broad SMARTS) is 2. The lowest BCUT2D eigenvalue weighted by Gasteiger charge is -2.14. The fourth-order valence-corrected chi connectivity index (χ4v) is 4.66. The third-order valence-electron chi connectivity index (χ3n) is 6.83. The van der Waals surface area contributed by atoms with Crippen LogP contribution in [0.15, 0.2) is 72.8 Å². The summed E-state index contributed by atoms with van der Waals surface area (Å²) in [6, 6.07) is 19.4. The number of aryl methyl sites for hydroxylation is 2. The minimum atomic E-state index is -1.29. The molecule has 4 aromatic rings. The monoisotopic (exact) mass is 566 g/mol. The molecule has 0 saturated heterocycles. The summed E-state index contributed by atoms with van der Waals surface area (Å²) in [5.41, 5.74) is 5.05. The molecule has 0 atom stereocenters. The van der Waals surface area contributed by atoms with E-state index in [0.717, 1.165) is 27.9 Å². The van der Waals surface area contributed by atoms with E-state index < -0.39 is 17.8 Å². The van der Waals surface area contributed by atoms with Crippen molar-refractivity contribution in [1.82, 2.24) is 0 Å². The number of hydrogen-bond acceptors (Lipinski definition) is 6. The van der Waals surface area contributed by atoms with Gasteiger partial charge in [0, 0.05) is 30.4 Å². The van der Waals surface area contributed by atoms with E-state index >= 15 is 0 Å². The van der Waals surface area contributed by atoms with E-state index in [4.69, 9.17) is 4.74 Å². The van der Waals surface area contributed by atoms with Crippen molar-refractivity contribution in [1.29, 1.82) is 0 Å². The first-order valence-electron chi connectivity index (χ1n) is 13.2. The van der Waals surface area contributed by atoms with Gasteiger partial charge in [-0.25, -0.2) is 9.59 Å². The minimum Gasteiger partial charge on any atom is -0.478 e. The summed E-state index contributed by atoms with van der Waals surface area (Å²) in [4.78, 5) is 49.1. The SMILES string of the molecule is CCC(=O)c1cc(Oc2ccc(C(=O)O)c(C(=O)Nc3ccc(-c4ccc(NC)cc4C)c(C)c3)c2)ccc1C(=O)O. The molecule has 0 aromatic heterocycles. The maximum atomic E-state index is 13.3. The fraction of sp³-hybridized carbons (Fsp3) is 0.152. The standard InChI is InChI=1S/C33H30N2O7/c1-5-30(36)28-16-22(8-12-26(28)32(38)39)42-23-9-13-27(33(40)41)29(17-23)31(37)35-21-7-11-25(19(3)15-21)24-10-6-20(34-4)14-18(24)2/h6-17,34H,5H2,1-4H3,(H,35,37)(H,38,39)(H,40,41). The Morgan fingerprint density at radius 2 is 1.17 bits per heavy atom. The van der Waals surface area contributed by atoms with Gasteiger partial charge in [0.15, 0.2) is 5.78 Å². The molecule has 0 fully saturated rings. The summed E-state index contributed by atoms with van der Waals surface area (Å²) >= 11 is 0. The van der Waals surface area contributed by atoms with Crippen LogP contribution in [0, 0.1) is 13.8 Å². The maximum Gasteiger partial charge on any atom is 0.336 e. The van der Waals surface area contributed by atoms with Gasteiger partial charge in [0.1, 0.15) is 11.5 Å². The largest absolute Gasteiger partial charge is 0.478 e. The molecule has 9 nitrogen and oxygen atoms in total. The van der Waals surface area contributed by atoms with Crippen molar-refractivity contribution in [3.05, 3.63) is 106 Å². The van der Waals surface area contributed by atoms with Crippen LogP contribution in [-0.2, 0) is 0 Å². The summed E-state index contributed by atoms with van der Waals surface area (Å²) in [5, 5.41) is 25.0. The number of hydrogen-bond donors (Lipinski definition) is 4. The van der Waals surface area contributed by atoms with Crippen LogP contribution < -0.4 is 15.4 Å². The highest BCUT2D eigenvalue weighted by Crippen LogP contribution is 2.31. The van der Waals surface area contributed by atoms with Crippen LogP contribution in [0.4, 0.5) is 11.4 Å². The molecule has 4 aromatic carbocycles. The second-order valence-corrected chi connectivity index (χ2v) is 9.67. The Kier molecular flexibility index (Phi) is 8.71. The molecule has 42 heavy (non-hydrogen) atoms. The summed E-state index contributed by atoms with van der Waals surface area (Å²) < 4.78 is 5.81. The quantitative estimate of drug-likeness (QED) is 0.150. The predicted octanol–water partition coefficient (Wildman–Crippen LogP) is 7.05. The molecule has 0 saturated carbocycles. The van der Waals surface area contributed by atoms with Crippen LogP contribution in [0.1, 0.15) is 65.9 Å². The van der Waals surface area contributed by atoms with E-state index in [1.54, 1.807) is 13.0 Å². The van der Waals surface area contributed by atoms with Crippen molar-refractivity contribution in [3.8, 4) is 22.6 Å². The highest BCUT2D eigenvalue weighted by atomic mass is 16.5. The second-order valence-electron chi connectivity index (χ2n) is 9.67. The van der Waals surface area contributed by atoms with Crippen molar-refractivity contribution in [3.63, 3.8) is 0 Å². The van der Waals surface area contributed by atoms with Crippen LogP contribution in [0.2, 0.25) is 0 Å². The second kappa shape index (κ2) is 12.4. The van der Waals surface area contributed by atoms with Gasteiger partial charge in [0.25, 0.3) is 5.91 Å². The summed E-state index contributed by atoms with van der Waals surface area (Å²) in [6.45, 7) is 5.58. The summed E-state index contributed by atoms with van der Waals surface area (Å²) in [5.74, 6) is -3.26. The number of carbonyl (C=O) groups is 4. The number of carbonyl (C=O) groups excluding carboxylic acids is 2. The maximum absolute atomic E-state index is 13.3. The molecule has 0 heterocycles. The van der Waals surface area contributed by atoms with E-state index in [1.807, 2.05) is 45.2 Å². The molecule has 9 heteroatoms. The zero-order valence-electron chi connectivity index (χ0n) is 23.6. The molecule has 0 aliphatic heterocycles. The van der Waals surface area contributed by atoms with Gasteiger partial charge < -0.3 is 25.6 Å². The fourth-order valence-electron chi connectivity index (χ4n) is 4.66. The number of nitrogens with one attached hydrogen (secondary N) is 2. The molecular weight excluding hydrogens is 536 g/mol. The lowest BCUT2D eigenvalue weighted by Crippen LogP contribution is -2.16. The number of benzene rings is 4.